The Bertz CT molecular complexity index is 1170. The van der Waals surface area contributed by atoms with Crippen molar-refractivity contribution in [1.82, 2.24) is 4.90 Å². The van der Waals surface area contributed by atoms with Gasteiger partial charge in [0.1, 0.15) is 11.4 Å². The monoisotopic (exact) mass is 426 g/mol. The van der Waals surface area contributed by atoms with Gasteiger partial charge >= 0.3 is 0 Å². The molecule has 2 amide bonds. The molecule has 3 aromatic rings. The molecule has 5 heteroatoms. The Morgan fingerprint density at radius 2 is 1.59 bits per heavy atom. The number of hydrogen-bond acceptors (Lipinski definition) is 4. The van der Waals surface area contributed by atoms with E-state index in [0.717, 1.165) is 16.7 Å². The highest BCUT2D eigenvalue weighted by Crippen LogP contribution is 2.36. The van der Waals surface area contributed by atoms with Crippen LogP contribution in [0.5, 0.6) is 5.75 Å². The molecule has 0 atom stereocenters. The highest BCUT2D eigenvalue weighted by atomic mass is 16.5. The Morgan fingerprint density at radius 3 is 2.28 bits per heavy atom. The van der Waals surface area contributed by atoms with E-state index in [-0.39, 0.29) is 11.8 Å². The van der Waals surface area contributed by atoms with Gasteiger partial charge in [-0.25, -0.2) is 4.90 Å². The van der Waals surface area contributed by atoms with Gasteiger partial charge in [0.25, 0.3) is 11.8 Å². The van der Waals surface area contributed by atoms with Crippen LogP contribution in [0.25, 0.3) is 5.57 Å². The Hall–Kier alpha value is -3.86. The summed E-state index contributed by atoms with van der Waals surface area (Å²) < 4.78 is 5.58. The molecule has 0 spiro atoms. The summed E-state index contributed by atoms with van der Waals surface area (Å²) in [4.78, 5) is 30.4. The molecule has 3 aromatic carbocycles. The van der Waals surface area contributed by atoms with E-state index < -0.39 is 0 Å². The lowest BCUT2D eigenvalue weighted by Crippen LogP contribution is -2.34. The topological polar surface area (TPSA) is 49.9 Å². The second-order valence-electron chi connectivity index (χ2n) is 7.81. The van der Waals surface area contributed by atoms with Crippen molar-refractivity contribution in [3.05, 3.63) is 101 Å². The fraction of sp³-hybridized carbons (Fsp3) is 0.185. The molecule has 32 heavy (non-hydrogen) atoms. The van der Waals surface area contributed by atoms with Gasteiger partial charge in [-0.15, -0.1) is 0 Å². The first kappa shape index (κ1) is 21.4. The molecule has 1 heterocycles. The number of aryl methyl sites for hydroxylation is 1. The van der Waals surface area contributed by atoms with Crippen molar-refractivity contribution in [1.29, 1.82) is 0 Å². The molecule has 0 radical (unpaired) electrons. The number of ether oxygens (including phenoxy) is 1. The largest absolute Gasteiger partial charge is 0.494 e. The predicted molar refractivity (Wildman–Crippen MR) is 126 cm³/mol. The number of imide groups is 1. The summed E-state index contributed by atoms with van der Waals surface area (Å²) in [7, 11) is 1.85. The van der Waals surface area contributed by atoms with Crippen LogP contribution in [0.2, 0.25) is 0 Å². The molecule has 4 rings (SSSR count). The van der Waals surface area contributed by atoms with Gasteiger partial charge in [0.15, 0.2) is 0 Å². The maximum Gasteiger partial charge on any atom is 0.282 e. The molecule has 162 valence electrons. The maximum atomic E-state index is 13.6. The van der Waals surface area contributed by atoms with Crippen LogP contribution >= 0.6 is 0 Å². The van der Waals surface area contributed by atoms with E-state index in [2.05, 4.69) is 0 Å². The van der Waals surface area contributed by atoms with Crippen molar-refractivity contribution in [3.63, 3.8) is 0 Å². The number of amides is 2. The quantitative estimate of drug-likeness (QED) is 0.509. The van der Waals surface area contributed by atoms with Gasteiger partial charge in [0, 0.05) is 19.7 Å². The maximum absolute atomic E-state index is 13.6. The lowest BCUT2D eigenvalue weighted by molar-refractivity contribution is -0.120. The van der Waals surface area contributed by atoms with Crippen molar-refractivity contribution in [2.45, 2.75) is 20.4 Å². The van der Waals surface area contributed by atoms with Crippen LogP contribution < -0.4 is 9.64 Å². The summed E-state index contributed by atoms with van der Waals surface area (Å²) in [6, 6.07) is 24.7. The minimum atomic E-state index is -0.336. The molecule has 0 aliphatic carbocycles. The van der Waals surface area contributed by atoms with E-state index in [4.69, 9.17) is 4.74 Å². The third-order valence-corrected chi connectivity index (χ3v) is 5.43. The summed E-state index contributed by atoms with van der Waals surface area (Å²) in [6.07, 6.45) is 0. The van der Waals surface area contributed by atoms with E-state index >= 15 is 0 Å². The number of anilines is 1. The molecule has 0 N–H and O–H groups in total. The molecule has 0 aromatic heterocycles. The Morgan fingerprint density at radius 1 is 0.875 bits per heavy atom. The molecule has 1 aliphatic heterocycles. The van der Waals surface area contributed by atoms with Gasteiger partial charge in [0.05, 0.1) is 17.9 Å². The third kappa shape index (κ3) is 4.14. The fourth-order valence-corrected chi connectivity index (χ4v) is 3.90. The van der Waals surface area contributed by atoms with Crippen molar-refractivity contribution in [2.75, 3.05) is 18.6 Å². The molecular formula is C27H26N2O3. The van der Waals surface area contributed by atoms with Gasteiger partial charge in [0.2, 0.25) is 0 Å². The van der Waals surface area contributed by atoms with Crippen molar-refractivity contribution in [3.8, 4) is 5.75 Å². The second kappa shape index (κ2) is 9.10. The van der Waals surface area contributed by atoms with Gasteiger partial charge in [-0.2, -0.15) is 0 Å². The van der Waals surface area contributed by atoms with Gasteiger partial charge in [-0.05, 0) is 37.1 Å². The number of benzene rings is 3. The lowest BCUT2D eigenvalue weighted by Gasteiger charge is -2.22. The summed E-state index contributed by atoms with van der Waals surface area (Å²) in [6.45, 7) is 4.90. The van der Waals surface area contributed by atoms with Crippen LogP contribution in [0.15, 0.2) is 84.6 Å². The zero-order chi connectivity index (χ0) is 22.7. The highest BCUT2D eigenvalue weighted by molar-refractivity contribution is 6.45. The molecule has 0 unspecified atom stereocenters. The fourth-order valence-electron chi connectivity index (χ4n) is 3.90. The molecule has 0 saturated heterocycles. The first-order chi connectivity index (χ1) is 15.5. The molecule has 0 saturated carbocycles. The number of nitrogens with zero attached hydrogens (tertiary/aromatic N) is 2. The van der Waals surface area contributed by atoms with Crippen LogP contribution in [0.3, 0.4) is 0 Å². The standard InChI is InChI=1S/C27H26N2O3/c1-4-32-23-12-8-11-22(17-23)29-26(30)24(21-15-13-19(2)14-16-21)25(27(29)31)28(3)18-20-9-6-5-7-10-20/h5-17H,4,18H2,1-3H3. The number of carbonyl (C=O) groups is 2. The average Bonchev–Trinajstić information content (AvgIpc) is 3.05. The zero-order valence-electron chi connectivity index (χ0n) is 18.5. The molecule has 5 nitrogen and oxygen atoms in total. The van der Waals surface area contributed by atoms with Crippen molar-refractivity contribution >= 4 is 23.1 Å². The zero-order valence-corrected chi connectivity index (χ0v) is 18.5. The normalized spacial score (nSPS) is 13.7. The Labute approximate surface area is 188 Å². The van der Waals surface area contributed by atoms with Crippen LogP contribution in [-0.4, -0.2) is 30.4 Å². The molecule has 0 bridgehead atoms. The van der Waals surface area contributed by atoms with Gasteiger partial charge in [-0.1, -0.05) is 66.2 Å². The molecule has 1 aliphatic rings. The minimum absolute atomic E-state index is 0.331. The van der Waals surface area contributed by atoms with E-state index in [9.17, 15) is 9.59 Å². The number of carbonyl (C=O) groups excluding carboxylic acids is 2. The van der Waals surface area contributed by atoms with Gasteiger partial charge in [-0.3, -0.25) is 9.59 Å². The Balaban J connectivity index is 1.78. The number of hydrogen-bond donors (Lipinski definition) is 0. The van der Waals surface area contributed by atoms with E-state index in [1.165, 1.54) is 4.90 Å². The van der Waals surface area contributed by atoms with Crippen LogP contribution in [-0.2, 0) is 16.1 Å². The predicted octanol–water partition coefficient (Wildman–Crippen LogP) is 4.81. The Kier molecular flexibility index (Phi) is 6.08. The smallest absolute Gasteiger partial charge is 0.282 e. The lowest BCUT2D eigenvalue weighted by atomic mass is 10.0. The van der Waals surface area contributed by atoms with E-state index in [0.29, 0.717) is 35.9 Å². The van der Waals surface area contributed by atoms with Crippen molar-refractivity contribution in [2.24, 2.45) is 0 Å². The second-order valence-corrected chi connectivity index (χ2v) is 7.81. The van der Waals surface area contributed by atoms with Crippen LogP contribution in [0, 0.1) is 6.92 Å². The van der Waals surface area contributed by atoms with E-state index in [1.807, 2.05) is 86.5 Å². The summed E-state index contributed by atoms with van der Waals surface area (Å²) >= 11 is 0. The first-order valence-corrected chi connectivity index (χ1v) is 10.7. The summed E-state index contributed by atoms with van der Waals surface area (Å²) in [5, 5.41) is 0. The minimum Gasteiger partial charge on any atom is -0.494 e. The number of likely N-dealkylation sites (N-methyl/N-ethyl adjacent to an activating group) is 1. The highest BCUT2D eigenvalue weighted by Gasteiger charge is 2.41. The number of rotatable bonds is 7. The summed E-state index contributed by atoms with van der Waals surface area (Å²) in [5.41, 5.74) is 4.18. The van der Waals surface area contributed by atoms with Crippen LogP contribution in [0.4, 0.5) is 5.69 Å². The van der Waals surface area contributed by atoms with E-state index in [1.54, 1.807) is 18.2 Å². The molecule has 0 fully saturated rings. The molecular weight excluding hydrogens is 400 g/mol. The third-order valence-electron chi connectivity index (χ3n) is 5.43. The first-order valence-electron chi connectivity index (χ1n) is 10.7. The van der Waals surface area contributed by atoms with Crippen molar-refractivity contribution < 1.29 is 14.3 Å². The SMILES string of the molecule is CCOc1cccc(N2C(=O)C(c3ccc(C)cc3)=C(N(C)Cc3ccccc3)C2=O)c1. The van der Waals surface area contributed by atoms with Crippen LogP contribution in [0.1, 0.15) is 23.6 Å². The summed E-state index contributed by atoms with van der Waals surface area (Å²) in [5.74, 6) is -0.0476. The average molecular weight is 427 g/mol. The van der Waals surface area contributed by atoms with Gasteiger partial charge < -0.3 is 9.64 Å².